The van der Waals surface area contributed by atoms with Gasteiger partial charge in [0.05, 0.1) is 28.2 Å². The molecule has 1 aliphatic rings. The van der Waals surface area contributed by atoms with Crippen LogP contribution in [0.15, 0.2) is 36.4 Å². The summed E-state index contributed by atoms with van der Waals surface area (Å²) < 4.78 is 10.5. The molecule has 1 atom stereocenters. The maximum absolute atomic E-state index is 12.6. The number of nitrogens with one attached hydrogen (secondary N) is 1. The van der Waals surface area contributed by atoms with E-state index in [2.05, 4.69) is 5.32 Å². The van der Waals surface area contributed by atoms with Gasteiger partial charge in [-0.3, -0.25) is 4.79 Å². The van der Waals surface area contributed by atoms with Crippen molar-refractivity contribution < 1.29 is 24.0 Å². The number of carbonyl (C=O) groups excluding carboxylic acids is 2. The zero-order valence-electron chi connectivity index (χ0n) is 14.4. The Balaban J connectivity index is 1.82. The smallest absolute Gasteiger partial charge is 0.534 e. The highest BCUT2D eigenvalue weighted by Crippen LogP contribution is 2.31. The number of benzene rings is 2. The van der Waals surface area contributed by atoms with E-state index in [0.717, 1.165) is 0 Å². The molecule has 0 fully saturated rings. The van der Waals surface area contributed by atoms with Gasteiger partial charge in [0.25, 0.3) is 5.91 Å². The Morgan fingerprint density at radius 2 is 1.93 bits per heavy atom. The van der Waals surface area contributed by atoms with Crippen LogP contribution in [0.1, 0.15) is 33.2 Å². The molecule has 9 heteroatoms. The maximum Gasteiger partial charge on any atom is 0.547 e. The van der Waals surface area contributed by atoms with E-state index in [-0.39, 0.29) is 39.9 Å². The number of amides is 1. The van der Waals surface area contributed by atoms with Crippen LogP contribution >= 0.6 is 23.2 Å². The van der Waals surface area contributed by atoms with Crippen LogP contribution in [0, 0.1) is 0 Å². The third kappa shape index (κ3) is 4.05. The van der Waals surface area contributed by atoms with Gasteiger partial charge in [-0.05, 0) is 37.1 Å². The van der Waals surface area contributed by atoms with Gasteiger partial charge in [-0.15, -0.1) is 0 Å². The largest absolute Gasteiger partial charge is 0.547 e. The molecule has 2 aromatic rings. The van der Waals surface area contributed by atoms with E-state index in [0.29, 0.717) is 5.56 Å². The minimum absolute atomic E-state index is 0.124. The second-order valence-electron chi connectivity index (χ2n) is 5.90. The van der Waals surface area contributed by atoms with E-state index in [1.54, 1.807) is 43.3 Å². The van der Waals surface area contributed by atoms with Crippen LogP contribution in [-0.4, -0.2) is 36.6 Å². The van der Waals surface area contributed by atoms with Crippen molar-refractivity contribution in [2.45, 2.75) is 19.3 Å². The van der Waals surface area contributed by atoms with Crippen molar-refractivity contribution >= 4 is 42.2 Å². The highest BCUT2D eigenvalue weighted by Gasteiger charge is 2.38. The Labute approximate surface area is 166 Å². The quantitative estimate of drug-likeness (QED) is 0.601. The minimum Gasteiger partial charge on any atom is -0.534 e. The van der Waals surface area contributed by atoms with Gasteiger partial charge in [-0.1, -0.05) is 41.4 Å². The third-order valence-electron chi connectivity index (χ3n) is 4.12. The van der Waals surface area contributed by atoms with E-state index in [1.165, 1.54) is 0 Å². The number of halogens is 2. The highest BCUT2D eigenvalue weighted by atomic mass is 35.5. The lowest BCUT2D eigenvalue weighted by Crippen LogP contribution is -2.53. The minimum atomic E-state index is -1.35. The predicted molar refractivity (Wildman–Crippen MR) is 102 cm³/mol. The lowest BCUT2D eigenvalue weighted by Gasteiger charge is -2.29. The van der Waals surface area contributed by atoms with Crippen LogP contribution in [0.5, 0.6) is 5.75 Å². The first kappa shape index (κ1) is 19.5. The van der Waals surface area contributed by atoms with E-state index < -0.39 is 24.9 Å². The summed E-state index contributed by atoms with van der Waals surface area (Å²) in [4.78, 5) is 24.6. The molecule has 3 rings (SSSR count). The summed E-state index contributed by atoms with van der Waals surface area (Å²) in [6, 6.07) is 9.74. The summed E-state index contributed by atoms with van der Waals surface area (Å²) in [7, 11) is -1.35. The Morgan fingerprint density at radius 3 is 2.59 bits per heavy atom. The van der Waals surface area contributed by atoms with Crippen molar-refractivity contribution in [3.8, 4) is 5.75 Å². The molecule has 0 aromatic heterocycles. The Morgan fingerprint density at radius 1 is 1.26 bits per heavy atom. The fourth-order valence-electron chi connectivity index (χ4n) is 2.87. The van der Waals surface area contributed by atoms with Crippen molar-refractivity contribution in [1.29, 1.82) is 0 Å². The number of fused-ring (bicyclic) bond motifs is 1. The van der Waals surface area contributed by atoms with E-state index in [9.17, 15) is 14.6 Å². The van der Waals surface area contributed by atoms with Crippen molar-refractivity contribution in [1.82, 2.24) is 5.32 Å². The zero-order chi connectivity index (χ0) is 19.6. The van der Waals surface area contributed by atoms with Crippen molar-refractivity contribution in [3.05, 3.63) is 63.1 Å². The van der Waals surface area contributed by atoms with Crippen molar-refractivity contribution in [3.63, 3.8) is 0 Å². The summed E-state index contributed by atoms with van der Waals surface area (Å²) in [5, 5.41) is 13.4. The average molecular weight is 408 g/mol. The standard InChI is InChI=1S/C18H16BCl2NO5/c1-2-26-18(24)11-6-3-5-10-9-14(19(25)27-16(10)11)22-17(23)15-12(20)7-4-8-13(15)21/h3-8,14,25H,2,9H2,1H3,(H,22,23)/t14-/m0/s1. The first-order valence-electron chi connectivity index (χ1n) is 8.31. The molecule has 1 heterocycles. The topological polar surface area (TPSA) is 84.9 Å². The molecule has 2 N–H and O–H groups in total. The Kier molecular flexibility index (Phi) is 5.94. The Bertz CT molecular complexity index is 872. The van der Waals surface area contributed by atoms with Gasteiger partial charge in [0.2, 0.25) is 0 Å². The van der Waals surface area contributed by atoms with Gasteiger partial charge in [0.15, 0.2) is 0 Å². The van der Waals surface area contributed by atoms with Crippen LogP contribution in [0.2, 0.25) is 10.0 Å². The predicted octanol–water partition coefficient (Wildman–Crippen LogP) is 2.92. The SMILES string of the molecule is CCOC(=O)c1cccc2c1OB(O)[C@@H](NC(=O)c1c(Cl)cccc1Cl)C2. The molecule has 27 heavy (non-hydrogen) atoms. The molecule has 140 valence electrons. The summed E-state index contributed by atoms with van der Waals surface area (Å²) in [6.07, 6.45) is 0.261. The van der Waals surface area contributed by atoms with Crippen LogP contribution < -0.4 is 9.97 Å². The van der Waals surface area contributed by atoms with Crippen LogP contribution in [0.25, 0.3) is 0 Å². The van der Waals surface area contributed by atoms with Gasteiger partial charge in [0, 0.05) is 0 Å². The van der Waals surface area contributed by atoms with E-state index in [1.807, 2.05) is 0 Å². The lowest BCUT2D eigenvalue weighted by molar-refractivity contribution is 0.0523. The van der Waals surface area contributed by atoms with Crippen molar-refractivity contribution in [2.75, 3.05) is 6.61 Å². The van der Waals surface area contributed by atoms with E-state index in [4.69, 9.17) is 32.6 Å². The average Bonchev–Trinajstić information content (AvgIpc) is 2.62. The fourth-order valence-corrected chi connectivity index (χ4v) is 3.44. The lowest BCUT2D eigenvalue weighted by atomic mass is 9.72. The second-order valence-corrected chi connectivity index (χ2v) is 6.72. The molecule has 0 saturated heterocycles. The number of para-hydroxylation sites is 1. The first-order valence-corrected chi connectivity index (χ1v) is 9.06. The van der Waals surface area contributed by atoms with Crippen molar-refractivity contribution in [2.24, 2.45) is 0 Å². The molecule has 6 nitrogen and oxygen atoms in total. The van der Waals surface area contributed by atoms with Crippen LogP contribution in [-0.2, 0) is 11.2 Å². The van der Waals surface area contributed by atoms with E-state index >= 15 is 0 Å². The number of ether oxygens (including phenoxy) is 1. The molecule has 1 amide bonds. The fraction of sp³-hybridized carbons (Fsp3) is 0.222. The molecule has 0 saturated carbocycles. The van der Waals surface area contributed by atoms with Gasteiger partial charge >= 0.3 is 13.1 Å². The summed E-state index contributed by atoms with van der Waals surface area (Å²) in [6.45, 7) is 1.93. The van der Waals surface area contributed by atoms with Crippen LogP contribution in [0.3, 0.4) is 0 Å². The normalized spacial score (nSPS) is 15.6. The molecule has 2 aromatic carbocycles. The second kappa shape index (κ2) is 8.21. The van der Waals surface area contributed by atoms with Gasteiger partial charge in [0.1, 0.15) is 11.3 Å². The highest BCUT2D eigenvalue weighted by molar-refractivity contribution is 6.47. The molecule has 0 unspecified atom stereocenters. The monoisotopic (exact) mass is 407 g/mol. The summed E-state index contributed by atoms with van der Waals surface area (Å²) >= 11 is 12.1. The molecule has 0 spiro atoms. The number of rotatable bonds is 4. The molecule has 0 radical (unpaired) electrons. The molecular weight excluding hydrogens is 392 g/mol. The molecule has 0 aliphatic carbocycles. The van der Waals surface area contributed by atoms with Gasteiger partial charge in [-0.2, -0.15) is 0 Å². The van der Waals surface area contributed by atoms with Crippen LogP contribution in [0.4, 0.5) is 0 Å². The summed E-state index contributed by atoms with van der Waals surface area (Å²) in [5.74, 6) is -1.55. The molecular formula is C18H16BCl2NO5. The zero-order valence-corrected chi connectivity index (χ0v) is 15.9. The first-order chi connectivity index (χ1) is 12.9. The number of carbonyl (C=O) groups is 2. The molecule has 0 bridgehead atoms. The number of hydrogen-bond donors (Lipinski definition) is 2. The third-order valence-corrected chi connectivity index (χ3v) is 4.75. The van der Waals surface area contributed by atoms with Gasteiger partial charge in [-0.25, -0.2) is 4.79 Å². The maximum atomic E-state index is 12.6. The number of esters is 1. The number of hydrogen-bond acceptors (Lipinski definition) is 5. The van der Waals surface area contributed by atoms with Gasteiger partial charge < -0.3 is 19.7 Å². The molecule has 1 aliphatic heterocycles. The Hall–Kier alpha value is -2.22. The summed E-state index contributed by atoms with van der Waals surface area (Å²) in [5.41, 5.74) is 1.02.